The fourth-order valence-electron chi connectivity index (χ4n) is 4.23. The van der Waals surface area contributed by atoms with E-state index < -0.39 is 23.5 Å². The van der Waals surface area contributed by atoms with Crippen molar-refractivity contribution in [1.82, 2.24) is 4.90 Å². The average molecular weight is 470 g/mol. The average Bonchev–Trinajstić information content (AvgIpc) is 3.16. The summed E-state index contributed by atoms with van der Waals surface area (Å²) in [5.41, 5.74) is 2.63. The monoisotopic (exact) mass is 469 g/mol. The predicted octanol–water partition coefficient (Wildman–Crippen LogP) is 4.92. The summed E-state index contributed by atoms with van der Waals surface area (Å²) in [4.78, 5) is 27.9. The third-order valence-electron chi connectivity index (χ3n) is 6.00. The van der Waals surface area contributed by atoms with E-state index in [4.69, 9.17) is 9.47 Å². The topological polar surface area (TPSA) is 76.1 Å². The van der Waals surface area contributed by atoms with Crippen LogP contribution in [0.15, 0.2) is 96.3 Å². The number of hydrogen-bond acceptors (Lipinski definition) is 5. The molecule has 0 spiro atoms. The zero-order valence-corrected chi connectivity index (χ0v) is 19.7. The van der Waals surface area contributed by atoms with Gasteiger partial charge in [0.15, 0.2) is 23.0 Å². The minimum absolute atomic E-state index is 0.0840. The lowest BCUT2D eigenvalue weighted by Gasteiger charge is -2.26. The summed E-state index contributed by atoms with van der Waals surface area (Å²) >= 11 is 0. The maximum absolute atomic E-state index is 13.2. The Labute approximate surface area is 204 Å². The molecular formula is C29H27NO5. The molecule has 1 heterocycles. The summed E-state index contributed by atoms with van der Waals surface area (Å²) in [5.74, 6) is -0.250. The molecule has 4 rings (SSSR count). The molecule has 0 radical (unpaired) electrons. The first-order valence-electron chi connectivity index (χ1n) is 11.3. The summed E-state index contributed by atoms with van der Waals surface area (Å²) in [5, 5.41) is 10.8. The third-order valence-corrected chi connectivity index (χ3v) is 6.00. The van der Waals surface area contributed by atoms with Gasteiger partial charge in [0, 0.05) is 6.54 Å². The largest absolute Gasteiger partial charge is 0.503 e. The summed E-state index contributed by atoms with van der Waals surface area (Å²) in [7, 11) is 3.14. The molecule has 0 aliphatic carbocycles. The third kappa shape index (κ3) is 5.11. The van der Waals surface area contributed by atoms with Crippen LogP contribution in [-0.4, -0.2) is 42.5 Å². The molecule has 0 fully saturated rings. The van der Waals surface area contributed by atoms with Gasteiger partial charge in [-0.15, -0.1) is 0 Å². The number of rotatable bonds is 9. The molecule has 178 valence electrons. The van der Waals surface area contributed by atoms with Gasteiger partial charge < -0.3 is 19.5 Å². The Morgan fingerprint density at radius 1 is 0.943 bits per heavy atom. The highest BCUT2D eigenvalue weighted by Gasteiger charge is 2.42. The zero-order chi connectivity index (χ0) is 24.8. The standard InChI is InChI=1S/C29H27NO5/c1-34-24-16-14-21(19-25(24)35-2)17-18-30-27(22-11-7-4-8-12-22)26(28(32)29(30)33)23(31)15-13-20-9-5-3-6-10-20/h3-16,19,27,32H,17-18H2,1-2H3/b15-13+/t27-/m1/s1. The smallest absolute Gasteiger partial charge is 0.290 e. The number of ether oxygens (including phenoxy) is 2. The molecule has 0 aromatic heterocycles. The first kappa shape index (κ1) is 23.8. The lowest BCUT2D eigenvalue weighted by Crippen LogP contribution is -2.33. The van der Waals surface area contributed by atoms with E-state index in [-0.39, 0.29) is 5.57 Å². The Bertz CT molecular complexity index is 1260. The van der Waals surface area contributed by atoms with Crippen LogP contribution in [0.25, 0.3) is 6.08 Å². The second-order valence-corrected chi connectivity index (χ2v) is 8.12. The first-order chi connectivity index (χ1) is 17.0. The van der Waals surface area contributed by atoms with Gasteiger partial charge in [-0.3, -0.25) is 9.59 Å². The van der Waals surface area contributed by atoms with Crippen LogP contribution in [-0.2, 0) is 16.0 Å². The van der Waals surface area contributed by atoms with Crippen molar-refractivity contribution in [3.8, 4) is 11.5 Å². The van der Waals surface area contributed by atoms with Crippen molar-refractivity contribution in [3.05, 3.63) is 113 Å². The molecule has 6 nitrogen and oxygen atoms in total. The number of carbonyl (C=O) groups excluding carboxylic acids is 2. The number of allylic oxidation sites excluding steroid dienone is 1. The van der Waals surface area contributed by atoms with Crippen LogP contribution >= 0.6 is 0 Å². The van der Waals surface area contributed by atoms with E-state index >= 15 is 0 Å². The van der Waals surface area contributed by atoms with Crippen LogP contribution in [0.5, 0.6) is 11.5 Å². The predicted molar refractivity (Wildman–Crippen MR) is 134 cm³/mol. The summed E-state index contributed by atoms with van der Waals surface area (Å²) in [6, 6.07) is 23.6. The number of aliphatic hydroxyl groups excluding tert-OH is 1. The van der Waals surface area contributed by atoms with Crippen LogP contribution in [0.4, 0.5) is 0 Å². The number of amides is 1. The molecule has 1 amide bonds. The number of hydrogen-bond donors (Lipinski definition) is 1. The van der Waals surface area contributed by atoms with Crippen molar-refractivity contribution < 1.29 is 24.2 Å². The minimum atomic E-state index is -0.684. The number of benzene rings is 3. The van der Waals surface area contributed by atoms with E-state index in [1.807, 2.05) is 78.9 Å². The van der Waals surface area contributed by atoms with Crippen molar-refractivity contribution in [2.24, 2.45) is 0 Å². The van der Waals surface area contributed by atoms with Crippen molar-refractivity contribution >= 4 is 17.8 Å². The van der Waals surface area contributed by atoms with Gasteiger partial charge in [0.1, 0.15) is 0 Å². The van der Waals surface area contributed by atoms with Gasteiger partial charge in [-0.2, -0.15) is 0 Å². The van der Waals surface area contributed by atoms with Crippen molar-refractivity contribution in [1.29, 1.82) is 0 Å². The van der Waals surface area contributed by atoms with E-state index in [0.29, 0.717) is 24.5 Å². The Morgan fingerprint density at radius 3 is 2.26 bits per heavy atom. The Hall–Kier alpha value is -4.32. The maximum atomic E-state index is 13.2. The molecular weight excluding hydrogens is 442 g/mol. The lowest BCUT2D eigenvalue weighted by atomic mass is 9.95. The number of carbonyl (C=O) groups is 2. The second-order valence-electron chi connectivity index (χ2n) is 8.12. The highest BCUT2D eigenvalue weighted by molar-refractivity contribution is 6.14. The molecule has 35 heavy (non-hydrogen) atoms. The lowest BCUT2D eigenvalue weighted by molar-refractivity contribution is -0.129. The Kier molecular flexibility index (Phi) is 7.31. The van der Waals surface area contributed by atoms with Crippen LogP contribution in [0.1, 0.15) is 22.7 Å². The second kappa shape index (κ2) is 10.7. The highest BCUT2D eigenvalue weighted by Crippen LogP contribution is 2.38. The summed E-state index contributed by atoms with van der Waals surface area (Å²) in [6.07, 6.45) is 3.59. The van der Waals surface area contributed by atoms with Crippen molar-refractivity contribution in [2.45, 2.75) is 12.5 Å². The molecule has 0 saturated heterocycles. The van der Waals surface area contributed by atoms with E-state index in [2.05, 4.69) is 0 Å². The van der Waals surface area contributed by atoms with Crippen LogP contribution in [0.2, 0.25) is 0 Å². The van der Waals surface area contributed by atoms with E-state index in [9.17, 15) is 14.7 Å². The highest BCUT2D eigenvalue weighted by atomic mass is 16.5. The molecule has 1 atom stereocenters. The zero-order valence-electron chi connectivity index (χ0n) is 19.7. The fraction of sp³-hybridized carbons (Fsp3) is 0.172. The van der Waals surface area contributed by atoms with Gasteiger partial charge in [0.2, 0.25) is 0 Å². The van der Waals surface area contributed by atoms with Gasteiger partial charge in [-0.1, -0.05) is 72.8 Å². The molecule has 1 aliphatic heterocycles. The molecule has 6 heteroatoms. The maximum Gasteiger partial charge on any atom is 0.290 e. The Morgan fingerprint density at radius 2 is 1.60 bits per heavy atom. The van der Waals surface area contributed by atoms with Gasteiger partial charge >= 0.3 is 0 Å². The number of nitrogens with zero attached hydrogens (tertiary/aromatic N) is 1. The molecule has 3 aromatic rings. The van der Waals surface area contributed by atoms with E-state index in [0.717, 1.165) is 16.7 Å². The molecule has 3 aromatic carbocycles. The van der Waals surface area contributed by atoms with E-state index in [1.54, 1.807) is 25.2 Å². The molecule has 0 saturated carbocycles. The van der Waals surface area contributed by atoms with Crippen LogP contribution in [0.3, 0.4) is 0 Å². The minimum Gasteiger partial charge on any atom is -0.503 e. The van der Waals surface area contributed by atoms with Crippen molar-refractivity contribution in [2.75, 3.05) is 20.8 Å². The molecule has 1 N–H and O–H groups in total. The quantitative estimate of drug-likeness (QED) is 0.450. The number of ketones is 1. The SMILES string of the molecule is COc1ccc(CCN2C(=O)C(O)=C(C(=O)/C=C/c3ccccc3)[C@H]2c2ccccc2)cc1OC. The van der Waals surface area contributed by atoms with E-state index in [1.165, 1.54) is 6.08 Å². The van der Waals surface area contributed by atoms with Crippen LogP contribution in [0, 0.1) is 0 Å². The van der Waals surface area contributed by atoms with Crippen LogP contribution < -0.4 is 9.47 Å². The van der Waals surface area contributed by atoms with Crippen molar-refractivity contribution in [3.63, 3.8) is 0 Å². The number of aliphatic hydroxyl groups is 1. The fourth-order valence-corrected chi connectivity index (χ4v) is 4.23. The molecule has 0 unspecified atom stereocenters. The van der Waals surface area contributed by atoms with Gasteiger partial charge in [-0.25, -0.2) is 0 Å². The molecule has 0 bridgehead atoms. The summed E-state index contributed by atoms with van der Waals surface area (Å²) < 4.78 is 10.7. The van der Waals surface area contributed by atoms with Gasteiger partial charge in [0.05, 0.1) is 25.8 Å². The van der Waals surface area contributed by atoms with Gasteiger partial charge in [0.25, 0.3) is 5.91 Å². The molecule has 1 aliphatic rings. The Balaban J connectivity index is 1.62. The van der Waals surface area contributed by atoms with Gasteiger partial charge in [-0.05, 0) is 41.3 Å². The number of methoxy groups -OCH3 is 2. The summed E-state index contributed by atoms with van der Waals surface area (Å²) in [6.45, 7) is 0.303. The first-order valence-corrected chi connectivity index (χ1v) is 11.3. The normalized spacial score (nSPS) is 15.7.